The van der Waals surface area contributed by atoms with Crippen molar-refractivity contribution in [3.63, 3.8) is 0 Å². The van der Waals surface area contributed by atoms with Crippen LogP contribution in [0.25, 0.3) is 11.1 Å². The summed E-state index contributed by atoms with van der Waals surface area (Å²) < 4.78 is 0. The molecule has 1 saturated heterocycles. The van der Waals surface area contributed by atoms with Crippen molar-refractivity contribution in [3.8, 4) is 17.2 Å². The second kappa shape index (κ2) is 9.27. The highest BCUT2D eigenvalue weighted by atomic mass is 32.1. The number of aryl methyl sites for hydroxylation is 1. The maximum Gasteiger partial charge on any atom is 0.169 e. The Kier molecular flexibility index (Phi) is 6.29. The summed E-state index contributed by atoms with van der Waals surface area (Å²) >= 11 is 5.49. The van der Waals surface area contributed by atoms with Crippen LogP contribution in [0.5, 0.6) is 0 Å². The second-order valence-electron chi connectivity index (χ2n) is 7.74. The summed E-state index contributed by atoms with van der Waals surface area (Å²) in [6, 6.07) is 12.8. The van der Waals surface area contributed by atoms with Gasteiger partial charge >= 0.3 is 0 Å². The number of thiocarbonyl (C=S) groups is 1. The molecule has 0 radical (unpaired) electrons. The summed E-state index contributed by atoms with van der Waals surface area (Å²) in [5.74, 6) is 0.835. The van der Waals surface area contributed by atoms with Crippen molar-refractivity contribution in [1.82, 2.24) is 15.2 Å². The molecule has 0 atom stereocenters. The maximum absolute atomic E-state index is 10.2. The van der Waals surface area contributed by atoms with Crippen molar-refractivity contribution in [1.29, 1.82) is 5.26 Å². The Morgan fingerprint density at radius 3 is 2.60 bits per heavy atom. The van der Waals surface area contributed by atoms with E-state index in [4.69, 9.17) is 17.2 Å². The van der Waals surface area contributed by atoms with Crippen LogP contribution in [0.1, 0.15) is 29.7 Å². The first-order chi connectivity index (χ1) is 14.7. The number of aromatic nitrogens is 1. The van der Waals surface area contributed by atoms with E-state index < -0.39 is 0 Å². The van der Waals surface area contributed by atoms with Crippen molar-refractivity contribution >= 4 is 23.1 Å². The third-order valence-corrected chi connectivity index (χ3v) is 6.30. The fourth-order valence-electron chi connectivity index (χ4n) is 4.38. The quantitative estimate of drug-likeness (QED) is 0.605. The van der Waals surface area contributed by atoms with Crippen LogP contribution >= 0.6 is 12.2 Å². The fraction of sp³-hybridized carbons (Fsp3) is 0.375. The Balaban J connectivity index is 1.67. The predicted molar refractivity (Wildman–Crippen MR) is 126 cm³/mol. The predicted octanol–water partition coefficient (Wildman–Crippen LogP) is 3.68. The first kappa shape index (κ1) is 20.4. The highest BCUT2D eigenvalue weighted by molar-refractivity contribution is 7.80. The van der Waals surface area contributed by atoms with Gasteiger partial charge in [0.1, 0.15) is 17.5 Å². The van der Waals surface area contributed by atoms with Crippen LogP contribution in [0, 0.1) is 11.3 Å². The van der Waals surface area contributed by atoms with Crippen molar-refractivity contribution in [3.05, 3.63) is 59.8 Å². The van der Waals surface area contributed by atoms with Crippen molar-refractivity contribution in [2.45, 2.75) is 25.7 Å². The van der Waals surface area contributed by atoms with Gasteiger partial charge in [-0.15, -0.1) is 6.58 Å². The van der Waals surface area contributed by atoms with Crippen LogP contribution in [-0.4, -0.2) is 47.7 Å². The van der Waals surface area contributed by atoms with Crippen molar-refractivity contribution < 1.29 is 0 Å². The molecule has 0 bridgehead atoms. The molecule has 0 amide bonds. The van der Waals surface area contributed by atoms with Crippen molar-refractivity contribution in [2.75, 3.05) is 37.6 Å². The third kappa shape index (κ3) is 4.03. The van der Waals surface area contributed by atoms with Crippen LogP contribution in [0.4, 0.5) is 5.82 Å². The molecule has 0 saturated carbocycles. The molecule has 2 heterocycles. The Morgan fingerprint density at radius 1 is 1.17 bits per heavy atom. The van der Waals surface area contributed by atoms with E-state index >= 15 is 0 Å². The van der Waals surface area contributed by atoms with Crippen LogP contribution in [0.2, 0.25) is 0 Å². The van der Waals surface area contributed by atoms with Gasteiger partial charge in [-0.05, 0) is 49.0 Å². The minimum absolute atomic E-state index is 0.671. The number of pyridine rings is 1. The van der Waals surface area contributed by atoms with E-state index in [0.29, 0.717) is 12.1 Å². The zero-order chi connectivity index (χ0) is 20.9. The lowest BCUT2D eigenvalue weighted by molar-refractivity contribution is 0.380. The summed E-state index contributed by atoms with van der Waals surface area (Å²) in [7, 11) is 0. The number of benzene rings is 1. The molecule has 1 N–H and O–H groups in total. The van der Waals surface area contributed by atoms with Gasteiger partial charge in [-0.3, -0.25) is 0 Å². The molecule has 1 aliphatic carbocycles. The standard InChI is InChI=1S/C24H27N5S/c1-2-12-26-24(30)29-15-13-28(14-16-29)23-20(17-25)22(18-8-4-3-5-9-18)19-10-6-7-11-21(19)27-23/h2-5,8-9H,1,6-7,10-16H2,(H,26,30). The number of piperazine rings is 1. The molecule has 1 fully saturated rings. The molecule has 1 aliphatic heterocycles. The summed E-state index contributed by atoms with van der Waals surface area (Å²) in [6.45, 7) is 7.62. The molecule has 5 nitrogen and oxygen atoms in total. The number of anilines is 1. The van der Waals surface area contributed by atoms with Gasteiger partial charge in [-0.2, -0.15) is 5.26 Å². The lowest BCUT2D eigenvalue weighted by Gasteiger charge is -2.38. The number of nitrogens with one attached hydrogen (secondary N) is 1. The van der Waals surface area contributed by atoms with E-state index in [1.54, 1.807) is 0 Å². The van der Waals surface area contributed by atoms with E-state index in [0.717, 1.165) is 73.9 Å². The number of nitriles is 1. The normalized spacial score (nSPS) is 15.8. The van der Waals surface area contributed by atoms with Gasteiger partial charge in [0.25, 0.3) is 0 Å². The van der Waals surface area contributed by atoms with Gasteiger partial charge in [0.2, 0.25) is 0 Å². The average molecular weight is 418 g/mol. The Morgan fingerprint density at radius 2 is 1.90 bits per heavy atom. The highest BCUT2D eigenvalue weighted by Crippen LogP contribution is 2.38. The minimum atomic E-state index is 0.671. The summed E-state index contributed by atoms with van der Waals surface area (Å²) in [6.07, 6.45) is 6.12. The molecule has 30 heavy (non-hydrogen) atoms. The van der Waals surface area contributed by atoms with Crippen LogP contribution in [-0.2, 0) is 12.8 Å². The largest absolute Gasteiger partial charge is 0.359 e. The molecular formula is C24H27N5S. The molecule has 2 aliphatic rings. The molecular weight excluding hydrogens is 390 g/mol. The van der Waals surface area contributed by atoms with E-state index in [1.165, 1.54) is 11.3 Å². The Bertz CT molecular complexity index is 971. The SMILES string of the molecule is C=CCNC(=S)N1CCN(c2nc3c(c(-c4ccccc4)c2C#N)CCCC3)CC1. The second-order valence-corrected chi connectivity index (χ2v) is 8.13. The maximum atomic E-state index is 10.2. The zero-order valence-corrected chi connectivity index (χ0v) is 18.0. The first-order valence-electron chi connectivity index (χ1n) is 10.6. The molecule has 154 valence electrons. The number of nitrogens with zero attached hydrogens (tertiary/aromatic N) is 4. The minimum Gasteiger partial charge on any atom is -0.359 e. The Hall–Kier alpha value is -2.91. The lowest BCUT2D eigenvalue weighted by Crippen LogP contribution is -2.52. The molecule has 1 aromatic carbocycles. The third-order valence-electron chi connectivity index (χ3n) is 5.89. The number of hydrogen-bond donors (Lipinski definition) is 1. The molecule has 0 spiro atoms. The molecule has 6 heteroatoms. The zero-order valence-electron chi connectivity index (χ0n) is 17.2. The van der Waals surface area contributed by atoms with E-state index in [1.807, 2.05) is 24.3 Å². The van der Waals surface area contributed by atoms with Gasteiger partial charge in [0.05, 0.1) is 0 Å². The molecule has 0 unspecified atom stereocenters. The molecule has 2 aromatic rings. The molecule has 1 aromatic heterocycles. The lowest BCUT2D eigenvalue weighted by atomic mass is 9.86. The topological polar surface area (TPSA) is 55.2 Å². The number of fused-ring (bicyclic) bond motifs is 1. The average Bonchev–Trinajstić information content (AvgIpc) is 2.81. The summed E-state index contributed by atoms with van der Waals surface area (Å²) in [5, 5.41) is 14.1. The van der Waals surface area contributed by atoms with Gasteiger partial charge in [-0.1, -0.05) is 36.4 Å². The monoisotopic (exact) mass is 417 g/mol. The molecule has 4 rings (SSSR count). The fourth-order valence-corrected chi connectivity index (χ4v) is 4.65. The van der Waals surface area contributed by atoms with Crippen LogP contribution in [0.15, 0.2) is 43.0 Å². The Labute approximate surface area is 184 Å². The van der Waals surface area contributed by atoms with E-state index in [2.05, 4.69) is 39.9 Å². The van der Waals surface area contributed by atoms with E-state index in [-0.39, 0.29) is 0 Å². The number of hydrogen-bond acceptors (Lipinski definition) is 4. The van der Waals surface area contributed by atoms with Crippen LogP contribution in [0.3, 0.4) is 0 Å². The van der Waals surface area contributed by atoms with Gasteiger partial charge < -0.3 is 15.1 Å². The van der Waals surface area contributed by atoms with Gasteiger partial charge in [0, 0.05) is 44.0 Å². The van der Waals surface area contributed by atoms with Gasteiger partial charge in [-0.25, -0.2) is 4.98 Å². The smallest absolute Gasteiger partial charge is 0.169 e. The summed E-state index contributed by atoms with van der Waals surface area (Å²) in [4.78, 5) is 9.47. The summed E-state index contributed by atoms with van der Waals surface area (Å²) in [5.41, 5.74) is 5.34. The van der Waals surface area contributed by atoms with E-state index in [9.17, 15) is 5.26 Å². The van der Waals surface area contributed by atoms with Crippen molar-refractivity contribution in [2.24, 2.45) is 0 Å². The van der Waals surface area contributed by atoms with Gasteiger partial charge in [0.15, 0.2) is 5.11 Å². The highest BCUT2D eigenvalue weighted by Gasteiger charge is 2.27. The first-order valence-corrected chi connectivity index (χ1v) is 11.0. The van der Waals surface area contributed by atoms with Crippen LogP contribution < -0.4 is 10.2 Å². The number of rotatable bonds is 4.